The van der Waals surface area contributed by atoms with Crippen molar-refractivity contribution >= 4 is 6.08 Å². The Kier molecular flexibility index (Phi) is 3.08. The maximum absolute atomic E-state index is 2.38. The SMILES string of the molecule is C1=CCC(C2=Cc3ccccc3C(c3ccccc3)C2)=C1. The second-order valence-electron chi connectivity index (χ2n) is 5.79. The summed E-state index contributed by atoms with van der Waals surface area (Å²) < 4.78 is 0. The smallest absolute Gasteiger partial charge is 0.0136 e. The van der Waals surface area contributed by atoms with E-state index < -0.39 is 0 Å². The third-order valence-electron chi connectivity index (χ3n) is 4.51. The molecule has 0 spiro atoms. The minimum Gasteiger partial charge on any atom is -0.0801 e. The van der Waals surface area contributed by atoms with Gasteiger partial charge in [-0.3, -0.25) is 0 Å². The molecule has 0 radical (unpaired) electrons. The number of fused-ring (bicyclic) bond motifs is 1. The van der Waals surface area contributed by atoms with Gasteiger partial charge in [-0.15, -0.1) is 0 Å². The van der Waals surface area contributed by atoms with Crippen LogP contribution in [-0.4, -0.2) is 0 Å². The van der Waals surface area contributed by atoms with Crippen LogP contribution in [0.15, 0.2) is 84.0 Å². The Hall–Kier alpha value is -2.34. The van der Waals surface area contributed by atoms with Crippen molar-refractivity contribution in [3.05, 3.63) is 101 Å². The molecule has 102 valence electrons. The van der Waals surface area contributed by atoms with Gasteiger partial charge in [-0.2, -0.15) is 0 Å². The second-order valence-corrected chi connectivity index (χ2v) is 5.79. The van der Waals surface area contributed by atoms with Crippen LogP contribution in [0.4, 0.5) is 0 Å². The van der Waals surface area contributed by atoms with E-state index in [9.17, 15) is 0 Å². The summed E-state index contributed by atoms with van der Waals surface area (Å²) in [5, 5.41) is 0. The highest BCUT2D eigenvalue weighted by molar-refractivity contribution is 5.67. The number of benzene rings is 2. The number of allylic oxidation sites excluding steroid dienone is 5. The summed E-state index contributed by atoms with van der Waals surface area (Å²) in [6.07, 6.45) is 11.3. The van der Waals surface area contributed by atoms with E-state index in [1.54, 1.807) is 0 Å². The van der Waals surface area contributed by atoms with Gasteiger partial charge in [0.25, 0.3) is 0 Å². The van der Waals surface area contributed by atoms with E-state index in [0.29, 0.717) is 5.92 Å². The monoisotopic (exact) mass is 270 g/mol. The lowest BCUT2D eigenvalue weighted by Crippen LogP contribution is -2.09. The van der Waals surface area contributed by atoms with Gasteiger partial charge in [-0.1, -0.05) is 78.9 Å². The molecule has 0 saturated heterocycles. The Morgan fingerprint density at radius 2 is 1.62 bits per heavy atom. The Morgan fingerprint density at radius 1 is 0.810 bits per heavy atom. The average molecular weight is 270 g/mol. The van der Waals surface area contributed by atoms with Crippen molar-refractivity contribution in [1.29, 1.82) is 0 Å². The highest BCUT2D eigenvalue weighted by Gasteiger charge is 2.24. The zero-order valence-corrected chi connectivity index (χ0v) is 12.0. The zero-order valence-electron chi connectivity index (χ0n) is 12.0. The molecule has 2 aliphatic carbocycles. The van der Waals surface area contributed by atoms with Crippen LogP contribution in [0.1, 0.15) is 35.4 Å². The normalized spacial score (nSPS) is 19.9. The van der Waals surface area contributed by atoms with Gasteiger partial charge in [0.15, 0.2) is 0 Å². The van der Waals surface area contributed by atoms with E-state index in [1.807, 2.05) is 0 Å². The molecule has 0 nitrogen and oxygen atoms in total. The number of hydrogen-bond donors (Lipinski definition) is 0. The molecule has 21 heavy (non-hydrogen) atoms. The molecule has 4 rings (SSSR count). The van der Waals surface area contributed by atoms with Crippen LogP contribution in [0.2, 0.25) is 0 Å². The van der Waals surface area contributed by atoms with E-state index in [4.69, 9.17) is 0 Å². The molecule has 0 heteroatoms. The van der Waals surface area contributed by atoms with E-state index >= 15 is 0 Å². The summed E-state index contributed by atoms with van der Waals surface area (Å²) in [6, 6.07) is 19.7. The minimum atomic E-state index is 0.476. The summed E-state index contributed by atoms with van der Waals surface area (Å²) in [5.74, 6) is 0.476. The predicted molar refractivity (Wildman–Crippen MR) is 89.2 cm³/mol. The number of rotatable bonds is 2. The summed E-state index contributed by atoms with van der Waals surface area (Å²) in [4.78, 5) is 0. The second kappa shape index (κ2) is 5.21. The molecule has 1 unspecified atom stereocenters. The Bertz CT molecular complexity index is 745. The van der Waals surface area contributed by atoms with Crippen molar-refractivity contribution in [1.82, 2.24) is 0 Å². The van der Waals surface area contributed by atoms with Crippen molar-refractivity contribution in [3.8, 4) is 0 Å². The largest absolute Gasteiger partial charge is 0.0801 e. The fourth-order valence-corrected chi connectivity index (χ4v) is 3.43. The first kappa shape index (κ1) is 12.4. The van der Waals surface area contributed by atoms with Crippen LogP contribution in [0.3, 0.4) is 0 Å². The standard InChI is InChI=1S/C21H18/c1-2-10-17(11-3-1)21-15-19(16-8-4-5-9-16)14-18-12-6-7-13-20(18)21/h1-8,10-14,21H,9,15H2. The molecule has 0 aliphatic heterocycles. The highest BCUT2D eigenvalue weighted by atomic mass is 14.3. The first-order valence-electron chi connectivity index (χ1n) is 7.62. The van der Waals surface area contributed by atoms with Gasteiger partial charge in [0.1, 0.15) is 0 Å². The van der Waals surface area contributed by atoms with Crippen LogP contribution in [0.5, 0.6) is 0 Å². The van der Waals surface area contributed by atoms with Crippen LogP contribution in [0, 0.1) is 0 Å². The highest BCUT2D eigenvalue weighted by Crippen LogP contribution is 2.41. The quantitative estimate of drug-likeness (QED) is 0.676. The van der Waals surface area contributed by atoms with Crippen molar-refractivity contribution in [2.24, 2.45) is 0 Å². The first-order chi connectivity index (χ1) is 10.4. The van der Waals surface area contributed by atoms with Crippen molar-refractivity contribution < 1.29 is 0 Å². The molecular weight excluding hydrogens is 252 g/mol. The van der Waals surface area contributed by atoms with Crippen molar-refractivity contribution in [2.75, 3.05) is 0 Å². The Labute approximate surface area is 126 Å². The van der Waals surface area contributed by atoms with Crippen molar-refractivity contribution in [3.63, 3.8) is 0 Å². The summed E-state index contributed by atoms with van der Waals surface area (Å²) in [7, 11) is 0. The van der Waals surface area contributed by atoms with E-state index in [1.165, 1.54) is 27.8 Å². The summed E-state index contributed by atoms with van der Waals surface area (Å²) in [5.41, 5.74) is 7.22. The van der Waals surface area contributed by atoms with Gasteiger partial charge in [0, 0.05) is 5.92 Å². The molecule has 2 aliphatic rings. The van der Waals surface area contributed by atoms with Crippen molar-refractivity contribution in [2.45, 2.75) is 18.8 Å². The van der Waals surface area contributed by atoms with Crippen LogP contribution in [0.25, 0.3) is 6.08 Å². The van der Waals surface area contributed by atoms with E-state index in [-0.39, 0.29) is 0 Å². The fourth-order valence-electron chi connectivity index (χ4n) is 3.43. The molecular formula is C21H18. The lowest BCUT2D eigenvalue weighted by molar-refractivity contribution is 0.787. The van der Waals surface area contributed by atoms with Gasteiger partial charge < -0.3 is 0 Å². The Balaban J connectivity index is 1.81. The number of hydrogen-bond acceptors (Lipinski definition) is 0. The minimum absolute atomic E-state index is 0.476. The lowest BCUT2D eigenvalue weighted by Gasteiger charge is -2.27. The molecule has 0 amide bonds. The van der Waals surface area contributed by atoms with E-state index in [0.717, 1.165) is 12.8 Å². The third kappa shape index (κ3) is 2.27. The Morgan fingerprint density at radius 3 is 2.43 bits per heavy atom. The molecule has 2 aromatic rings. The van der Waals surface area contributed by atoms with Gasteiger partial charge in [-0.25, -0.2) is 0 Å². The molecule has 0 bridgehead atoms. The third-order valence-corrected chi connectivity index (χ3v) is 4.51. The van der Waals surface area contributed by atoms with Gasteiger partial charge in [-0.05, 0) is 40.7 Å². The molecule has 0 saturated carbocycles. The predicted octanol–water partition coefficient (Wildman–Crippen LogP) is 5.49. The molecule has 1 atom stereocenters. The fraction of sp³-hybridized carbons (Fsp3) is 0.143. The topological polar surface area (TPSA) is 0 Å². The molecule has 0 aromatic heterocycles. The van der Waals surface area contributed by atoms with Crippen LogP contribution >= 0.6 is 0 Å². The van der Waals surface area contributed by atoms with Crippen LogP contribution < -0.4 is 0 Å². The lowest BCUT2D eigenvalue weighted by atomic mass is 9.77. The van der Waals surface area contributed by atoms with Gasteiger partial charge in [0.2, 0.25) is 0 Å². The summed E-state index contributed by atoms with van der Waals surface area (Å²) >= 11 is 0. The molecule has 2 aromatic carbocycles. The molecule has 0 heterocycles. The average Bonchev–Trinajstić information content (AvgIpc) is 3.09. The van der Waals surface area contributed by atoms with Gasteiger partial charge in [0.05, 0.1) is 0 Å². The van der Waals surface area contributed by atoms with Crippen LogP contribution in [-0.2, 0) is 0 Å². The summed E-state index contributed by atoms with van der Waals surface area (Å²) in [6.45, 7) is 0. The maximum atomic E-state index is 2.38. The maximum Gasteiger partial charge on any atom is 0.0136 e. The first-order valence-corrected chi connectivity index (χ1v) is 7.62. The molecule has 0 fully saturated rings. The zero-order chi connectivity index (χ0) is 14.1. The van der Waals surface area contributed by atoms with Gasteiger partial charge >= 0.3 is 0 Å². The van der Waals surface area contributed by atoms with E-state index in [2.05, 4.69) is 78.9 Å². The molecule has 0 N–H and O–H groups in total.